The van der Waals surface area contributed by atoms with Gasteiger partial charge in [0.2, 0.25) is 0 Å². The van der Waals surface area contributed by atoms with Gasteiger partial charge < -0.3 is 5.73 Å². The van der Waals surface area contributed by atoms with Gasteiger partial charge >= 0.3 is 12.4 Å². The Morgan fingerprint density at radius 1 is 1.00 bits per heavy atom. The van der Waals surface area contributed by atoms with E-state index in [4.69, 9.17) is 5.73 Å². The minimum absolute atomic E-state index is 0. The van der Waals surface area contributed by atoms with Crippen LogP contribution in [0.25, 0.3) is 0 Å². The zero-order chi connectivity index (χ0) is 18.1. The SMILES string of the molecule is Cl.NC/C=C(\F)CS(=O)(=O)c1cc(C(F)(F)F)cc(C(F)(F)F)c1. The van der Waals surface area contributed by atoms with Crippen LogP contribution in [0.1, 0.15) is 11.1 Å². The molecule has 0 radical (unpaired) electrons. The molecule has 0 atom stereocenters. The molecule has 138 valence electrons. The normalized spacial score (nSPS) is 13.6. The molecule has 24 heavy (non-hydrogen) atoms. The molecule has 0 aromatic heterocycles. The van der Waals surface area contributed by atoms with Crippen molar-refractivity contribution in [3.8, 4) is 0 Å². The molecule has 0 saturated heterocycles. The highest BCUT2D eigenvalue weighted by molar-refractivity contribution is 7.91. The number of hydrogen-bond donors (Lipinski definition) is 1. The fraction of sp³-hybridized carbons (Fsp3) is 0.333. The van der Waals surface area contributed by atoms with Crippen molar-refractivity contribution < 1.29 is 39.2 Å². The Morgan fingerprint density at radius 2 is 1.42 bits per heavy atom. The van der Waals surface area contributed by atoms with Crippen LogP contribution in [0.5, 0.6) is 0 Å². The lowest BCUT2D eigenvalue weighted by Gasteiger charge is -2.14. The molecule has 0 saturated carbocycles. The van der Waals surface area contributed by atoms with Crippen molar-refractivity contribution >= 4 is 22.2 Å². The van der Waals surface area contributed by atoms with Gasteiger partial charge in [-0.3, -0.25) is 0 Å². The molecule has 0 amide bonds. The fourth-order valence-electron chi connectivity index (χ4n) is 1.56. The predicted molar refractivity (Wildman–Crippen MR) is 74.0 cm³/mol. The maximum Gasteiger partial charge on any atom is 0.416 e. The molecule has 0 fully saturated rings. The van der Waals surface area contributed by atoms with Crippen LogP contribution >= 0.6 is 12.4 Å². The molecule has 3 nitrogen and oxygen atoms in total. The Kier molecular flexibility index (Phi) is 7.28. The second-order valence-corrected chi connectivity index (χ2v) is 6.38. The summed E-state index contributed by atoms with van der Waals surface area (Å²) in [6, 6.07) is -0.161. The zero-order valence-corrected chi connectivity index (χ0v) is 13.2. The third-order valence-electron chi connectivity index (χ3n) is 2.59. The van der Waals surface area contributed by atoms with Crippen LogP contribution < -0.4 is 5.73 Å². The largest absolute Gasteiger partial charge is 0.416 e. The zero-order valence-electron chi connectivity index (χ0n) is 11.6. The summed E-state index contributed by atoms with van der Waals surface area (Å²) >= 11 is 0. The van der Waals surface area contributed by atoms with Crippen LogP contribution in [0.4, 0.5) is 30.7 Å². The number of rotatable bonds is 4. The van der Waals surface area contributed by atoms with E-state index in [-0.39, 0.29) is 37.2 Å². The van der Waals surface area contributed by atoms with Gasteiger partial charge in [0, 0.05) is 6.54 Å². The fourth-order valence-corrected chi connectivity index (χ4v) is 2.82. The molecular formula is C12H11ClF7NO2S. The first kappa shape index (κ1) is 22.7. The Labute approximate surface area is 138 Å². The summed E-state index contributed by atoms with van der Waals surface area (Å²) in [5.74, 6) is -2.67. The summed E-state index contributed by atoms with van der Waals surface area (Å²) in [5.41, 5.74) is 1.35. The van der Waals surface area contributed by atoms with E-state index >= 15 is 0 Å². The molecule has 0 aliphatic rings. The van der Waals surface area contributed by atoms with Gasteiger partial charge in [0.05, 0.1) is 16.0 Å². The van der Waals surface area contributed by atoms with E-state index in [1.165, 1.54) is 0 Å². The van der Waals surface area contributed by atoms with Crippen molar-refractivity contribution in [3.63, 3.8) is 0 Å². The van der Waals surface area contributed by atoms with Gasteiger partial charge in [0.1, 0.15) is 11.6 Å². The predicted octanol–water partition coefficient (Wildman–Crippen LogP) is 3.73. The lowest BCUT2D eigenvalue weighted by Crippen LogP contribution is -2.15. The van der Waals surface area contributed by atoms with Crippen molar-refractivity contribution in [3.05, 3.63) is 41.2 Å². The highest BCUT2D eigenvalue weighted by Gasteiger charge is 2.38. The molecule has 0 aliphatic carbocycles. The molecule has 1 aromatic carbocycles. The summed E-state index contributed by atoms with van der Waals surface area (Å²) in [6.45, 7) is -0.377. The van der Waals surface area contributed by atoms with E-state index in [1.54, 1.807) is 0 Å². The minimum Gasteiger partial charge on any atom is -0.327 e. The summed E-state index contributed by atoms with van der Waals surface area (Å²) in [5, 5.41) is 0. The van der Waals surface area contributed by atoms with Crippen LogP contribution in [0.2, 0.25) is 0 Å². The summed E-state index contributed by atoms with van der Waals surface area (Å²) in [6.07, 6.45) is -9.75. The average molecular weight is 402 g/mol. The number of sulfone groups is 1. The Hall–Kier alpha value is -1.33. The topological polar surface area (TPSA) is 60.2 Å². The second kappa shape index (κ2) is 7.70. The third kappa shape index (κ3) is 5.95. The van der Waals surface area contributed by atoms with Crippen LogP contribution in [-0.4, -0.2) is 20.7 Å². The molecular weight excluding hydrogens is 391 g/mol. The Balaban J connectivity index is 0.00000529. The minimum atomic E-state index is -5.20. The molecule has 0 aliphatic heterocycles. The molecule has 0 heterocycles. The summed E-state index contributed by atoms with van der Waals surface area (Å²) < 4.78 is 113. The first-order chi connectivity index (χ1) is 10.3. The molecule has 0 unspecified atom stereocenters. The number of hydrogen-bond acceptors (Lipinski definition) is 3. The standard InChI is InChI=1S/C12H10F7NO2S.ClH/c13-9(1-2-20)6-23(21,22)10-4-7(11(14,15)16)3-8(5-10)12(17,18)19;/h1,3-5H,2,6,20H2;1H/b9-1-;. The van der Waals surface area contributed by atoms with Crippen molar-refractivity contribution in [2.45, 2.75) is 17.2 Å². The lowest BCUT2D eigenvalue weighted by molar-refractivity contribution is -0.143. The number of nitrogens with two attached hydrogens (primary N) is 1. The highest BCUT2D eigenvalue weighted by atomic mass is 35.5. The quantitative estimate of drug-likeness (QED) is 0.782. The molecule has 0 spiro atoms. The van der Waals surface area contributed by atoms with Gasteiger partial charge in [-0.25, -0.2) is 12.8 Å². The number of halogens is 8. The van der Waals surface area contributed by atoms with Crippen molar-refractivity contribution in [1.82, 2.24) is 0 Å². The molecule has 1 rings (SSSR count). The average Bonchev–Trinajstić information content (AvgIpc) is 2.35. The molecule has 12 heteroatoms. The van der Waals surface area contributed by atoms with E-state index in [0.29, 0.717) is 6.08 Å². The third-order valence-corrected chi connectivity index (χ3v) is 4.20. The van der Waals surface area contributed by atoms with E-state index in [1.807, 2.05) is 0 Å². The Bertz CT molecular complexity index is 679. The van der Waals surface area contributed by atoms with Crippen LogP contribution in [0.15, 0.2) is 35.0 Å². The van der Waals surface area contributed by atoms with Gasteiger partial charge in [0.15, 0.2) is 9.84 Å². The number of benzene rings is 1. The lowest BCUT2D eigenvalue weighted by atomic mass is 10.1. The van der Waals surface area contributed by atoms with Gasteiger partial charge in [-0.15, -0.1) is 12.4 Å². The van der Waals surface area contributed by atoms with Crippen molar-refractivity contribution in [2.24, 2.45) is 5.73 Å². The maximum absolute atomic E-state index is 13.2. The van der Waals surface area contributed by atoms with Gasteiger partial charge in [0.25, 0.3) is 0 Å². The summed E-state index contributed by atoms with van der Waals surface area (Å²) in [7, 11) is -4.75. The smallest absolute Gasteiger partial charge is 0.327 e. The van der Waals surface area contributed by atoms with Gasteiger partial charge in [-0.2, -0.15) is 26.3 Å². The molecule has 2 N–H and O–H groups in total. The maximum atomic E-state index is 13.2. The highest BCUT2D eigenvalue weighted by Crippen LogP contribution is 2.37. The van der Waals surface area contributed by atoms with Crippen molar-refractivity contribution in [1.29, 1.82) is 0 Å². The van der Waals surface area contributed by atoms with E-state index < -0.39 is 49.8 Å². The first-order valence-corrected chi connectivity index (χ1v) is 7.49. The van der Waals surface area contributed by atoms with E-state index in [9.17, 15) is 39.2 Å². The Morgan fingerprint density at radius 3 is 1.75 bits per heavy atom. The van der Waals surface area contributed by atoms with Crippen LogP contribution in [-0.2, 0) is 22.2 Å². The molecule has 1 aromatic rings. The van der Waals surface area contributed by atoms with E-state index in [0.717, 1.165) is 0 Å². The molecule has 0 bridgehead atoms. The second-order valence-electron chi connectivity index (χ2n) is 4.39. The van der Waals surface area contributed by atoms with Crippen LogP contribution in [0.3, 0.4) is 0 Å². The summed E-state index contributed by atoms with van der Waals surface area (Å²) in [4.78, 5) is -1.28. The van der Waals surface area contributed by atoms with Gasteiger partial charge in [-0.05, 0) is 24.3 Å². The van der Waals surface area contributed by atoms with E-state index in [2.05, 4.69) is 0 Å². The van der Waals surface area contributed by atoms with Gasteiger partial charge in [-0.1, -0.05) is 0 Å². The first-order valence-electron chi connectivity index (χ1n) is 5.84. The monoisotopic (exact) mass is 401 g/mol. The number of alkyl halides is 6. The van der Waals surface area contributed by atoms with Crippen molar-refractivity contribution in [2.75, 3.05) is 12.3 Å². The van der Waals surface area contributed by atoms with Crippen LogP contribution in [0, 0.1) is 0 Å².